The number of carboxylic acid groups (broad SMARTS) is 1. The summed E-state index contributed by atoms with van der Waals surface area (Å²) < 4.78 is 22.9. The summed E-state index contributed by atoms with van der Waals surface area (Å²) in [5.41, 5.74) is 0.546. The highest BCUT2D eigenvalue weighted by atomic mass is 32.2. The molecule has 1 aromatic carbocycles. The van der Waals surface area contributed by atoms with Gasteiger partial charge in [0.1, 0.15) is 0 Å². The zero-order valence-electron chi connectivity index (χ0n) is 11.0. The van der Waals surface area contributed by atoms with Crippen molar-refractivity contribution in [2.24, 2.45) is 0 Å². The normalized spacial score (nSPS) is 12.8. The van der Waals surface area contributed by atoms with Gasteiger partial charge in [-0.25, -0.2) is 13.2 Å². The molecule has 1 amide bonds. The van der Waals surface area contributed by atoms with Crippen LogP contribution in [-0.2, 0) is 14.6 Å². The van der Waals surface area contributed by atoms with Crippen molar-refractivity contribution in [1.29, 1.82) is 0 Å². The first-order valence-electron chi connectivity index (χ1n) is 5.62. The summed E-state index contributed by atoms with van der Waals surface area (Å²) in [5, 5.41) is 19.7. The van der Waals surface area contributed by atoms with E-state index in [1.54, 1.807) is 6.92 Å². The zero-order chi connectivity index (χ0) is 15.5. The standard InChI is InChI=1S/C12H15NO6S/c1-7-3-4-8(20(2,18)19)5-9(7)11(15)13-10(6-14)12(16)17/h3-5,10,14H,6H2,1-2H3,(H,13,15)(H,16,17)/t10-/m0/s1. The second kappa shape index (κ2) is 6.02. The fourth-order valence-electron chi connectivity index (χ4n) is 1.50. The van der Waals surface area contributed by atoms with Crippen molar-refractivity contribution in [3.8, 4) is 0 Å². The summed E-state index contributed by atoms with van der Waals surface area (Å²) in [6.07, 6.45) is 1.01. The van der Waals surface area contributed by atoms with Crippen LogP contribution >= 0.6 is 0 Å². The van der Waals surface area contributed by atoms with Gasteiger partial charge in [0.15, 0.2) is 15.9 Å². The molecule has 0 fully saturated rings. The molecule has 0 unspecified atom stereocenters. The Hall–Kier alpha value is -1.93. The van der Waals surface area contributed by atoms with Crippen LogP contribution in [0.3, 0.4) is 0 Å². The molecular formula is C12H15NO6S. The topological polar surface area (TPSA) is 121 Å². The highest BCUT2D eigenvalue weighted by Crippen LogP contribution is 2.15. The Morgan fingerprint density at radius 2 is 1.95 bits per heavy atom. The number of benzene rings is 1. The third-order valence-electron chi connectivity index (χ3n) is 2.67. The first-order valence-corrected chi connectivity index (χ1v) is 7.51. The number of carbonyl (C=O) groups excluding carboxylic acids is 1. The Kier molecular flexibility index (Phi) is 4.85. The highest BCUT2D eigenvalue weighted by molar-refractivity contribution is 7.90. The van der Waals surface area contributed by atoms with Gasteiger partial charge in [-0.1, -0.05) is 6.07 Å². The van der Waals surface area contributed by atoms with E-state index in [4.69, 9.17) is 10.2 Å². The number of amides is 1. The van der Waals surface area contributed by atoms with Crippen molar-refractivity contribution in [2.45, 2.75) is 17.9 Å². The second-order valence-corrected chi connectivity index (χ2v) is 6.31. The van der Waals surface area contributed by atoms with E-state index in [1.165, 1.54) is 18.2 Å². The summed E-state index contributed by atoms with van der Waals surface area (Å²) in [5.74, 6) is -2.13. The van der Waals surface area contributed by atoms with Crippen LogP contribution in [0.25, 0.3) is 0 Å². The van der Waals surface area contributed by atoms with Crippen LogP contribution in [-0.4, -0.2) is 49.4 Å². The first kappa shape index (κ1) is 16.1. The van der Waals surface area contributed by atoms with Crippen LogP contribution in [0.4, 0.5) is 0 Å². The molecule has 0 aliphatic heterocycles. The number of hydrogen-bond acceptors (Lipinski definition) is 5. The lowest BCUT2D eigenvalue weighted by atomic mass is 10.1. The summed E-state index contributed by atoms with van der Waals surface area (Å²) in [6, 6.07) is 2.56. The first-order chi connectivity index (χ1) is 9.16. The largest absolute Gasteiger partial charge is 0.480 e. The lowest BCUT2D eigenvalue weighted by Gasteiger charge is -2.13. The van der Waals surface area contributed by atoms with Gasteiger partial charge >= 0.3 is 5.97 Å². The Balaban J connectivity index is 3.13. The molecule has 0 radical (unpaired) electrons. The van der Waals surface area contributed by atoms with Crippen molar-refractivity contribution in [3.05, 3.63) is 29.3 Å². The van der Waals surface area contributed by atoms with Crippen LogP contribution in [0, 0.1) is 6.92 Å². The van der Waals surface area contributed by atoms with E-state index < -0.39 is 34.4 Å². The van der Waals surface area contributed by atoms with Gasteiger partial charge in [-0.3, -0.25) is 4.79 Å². The molecule has 3 N–H and O–H groups in total. The number of nitrogens with one attached hydrogen (secondary N) is 1. The van der Waals surface area contributed by atoms with Crippen molar-refractivity contribution in [1.82, 2.24) is 5.32 Å². The predicted molar refractivity (Wildman–Crippen MR) is 70.3 cm³/mol. The summed E-state index contributed by atoms with van der Waals surface area (Å²) in [6.45, 7) is 0.835. The smallest absolute Gasteiger partial charge is 0.328 e. The number of sulfone groups is 1. The van der Waals surface area contributed by atoms with E-state index in [-0.39, 0.29) is 10.5 Å². The van der Waals surface area contributed by atoms with Crippen LogP contribution in [0.1, 0.15) is 15.9 Å². The van der Waals surface area contributed by atoms with E-state index in [9.17, 15) is 18.0 Å². The summed E-state index contributed by atoms with van der Waals surface area (Å²) >= 11 is 0. The minimum atomic E-state index is -3.47. The molecule has 1 atom stereocenters. The molecule has 0 bridgehead atoms. The van der Waals surface area contributed by atoms with Crippen molar-refractivity contribution < 1.29 is 28.2 Å². The molecule has 0 aromatic heterocycles. The molecule has 1 aromatic rings. The van der Waals surface area contributed by atoms with Crippen molar-refractivity contribution >= 4 is 21.7 Å². The molecule has 110 valence electrons. The quantitative estimate of drug-likeness (QED) is 0.679. The van der Waals surface area contributed by atoms with E-state index >= 15 is 0 Å². The fraction of sp³-hybridized carbons (Fsp3) is 0.333. The summed E-state index contributed by atoms with van der Waals surface area (Å²) in [7, 11) is -3.47. The lowest BCUT2D eigenvalue weighted by Crippen LogP contribution is -2.43. The van der Waals surface area contributed by atoms with Gasteiger partial charge in [0, 0.05) is 11.8 Å². The molecule has 0 heterocycles. The van der Waals surface area contributed by atoms with Gasteiger partial charge in [-0.15, -0.1) is 0 Å². The number of aliphatic hydroxyl groups is 1. The van der Waals surface area contributed by atoms with Gasteiger partial charge in [-0.05, 0) is 24.6 Å². The van der Waals surface area contributed by atoms with Crippen LogP contribution in [0.2, 0.25) is 0 Å². The molecule has 1 rings (SSSR count). The molecular weight excluding hydrogens is 286 g/mol. The Morgan fingerprint density at radius 1 is 1.35 bits per heavy atom. The van der Waals surface area contributed by atoms with E-state index in [1.807, 2.05) is 0 Å². The number of carboxylic acids is 1. The van der Waals surface area contributed by atoms with Gasteiger partial charge in [-0.2, -0.15) is 0 Å². The molecule has 0 saturated carbocycles. The molecule has 0 aliphatic carbocycles. The Bertz CT molecular complexity index is 637. The molecule has 0 aliphatic rings. The maximum atomic E-state index is 11.9. The Labute approximate surface area is 116 Å². The third-order valence-corrected chi connectivity index (χ3v) is 3.78. The molecule has 20 heavy (non-hydrogen) atoms. The highest BCUT2D eigenvalue weighted by Gasteiger charge is 2.21. The molecule has 0 saturated heterocycles. The monoisotopic (exact) mass is 301 g/mol. The minimum absolute atomic E-state index is 0.0378. The third kappa shape index (κ3) is 3.78. The molecule has 7 nitrogen and oxygen atoms in total. The number of aliphatic carboxylic acids is 1. The van der Waals surface area contributed by atoms with Crippen LogP contribution < -0.4 is 5.32 Å². The van der Waals surface area contributed by atoms with Gasteiger partial charge in [0.25, 0.3) is 5.91 Å². The molecule has 0 spiro atoms. The second-order valence-electron chi connectivity index (χ2n) is 4.30. The van der Waals surface area contributed by atoms with Crippen LogP contribution in [0.5, 0.6) is 0 Å². The maximum absolute atomic E-state index is 11.9. The molecule has 8 heteroatoms. The van der Waals surface area contributed by atoms with E-state index in [0.717, 1.165) is 6.26 Å². The fourth-order valence-corrected chi connectivity index (χ4v) is 2.15. The maximum Gasteiger partial charge on any atom is 0.328 e. The average Bonchev–Trinajstić information content (AvgIpc) is 2.34. The van der Waals surface area contributed by atoms with E-state index in [0.29, 0.717) is 5.56 Å². The zero-order valence-corrected chi connectivity index (χ0v) is 11.8. The summed E-state index contributed by atoms with van der Waals surface area (Å²) in [4.78, 5) is 22.6. The minimum Gasteiger partial charge on any atom is -0.480 e. The van der Waals surface area contributed by atoms with Gasteiger partial charge in [0.2, 0.25) is 0 Å². The van der Waals surface area contributed by atoms with Gasteiger partial charge in [0.05, 0.1) is 11.5 Å². The van der Waals surface area contributed by atoms with E-state index in [2.05, 4.69) is 5.32 Å². The lowest BCUT2D eigenvalue weighted by molar-refractivity contribution is -0.140. The van der Waals surface area contributed by atoms with Crippen molar-refractivity contribution in [2.75, 3.05) is 12.9 Å². The van der Waals surface area contributed by atoms with Gasteiger partial charge < -0.3 is 15.5 Å². The average molecular weight is 301 g/mol. The Morgan fingerprint density at radius 3 is 2.40 bits per heavy atom. The number of rotatable bonds is 5. The SMILES string of the molecule is Cc1ccc(S(C)(=O)=O)cc1C(=O)N[C@@H](CO)C(=O)O. The van der Waals surface area contributed by atoms with Crippen molar-refractivity contribution in [3.63, 3.8) is 0 Å². The predicted octanol–water partition coefficient (Wildman–Crippen LogP) is -0.426. The number of hydrogen-bond donors (Lipinski definition) is 3. The van der Waals surface area contributed by atoms with Crippen LogP contribution in [0.15, 0.2) is 23.1 Å². The number of carbonyl (C=O) groups is 2. The number of aryl methyl sites for hydroxylation is 1. The number of aliphatic hydroxyl groups excluding tert-OH is 1.